The molecule has 0 atom stereocenters. The summed E-state index contributed by atoms with van der Waals surface area (Å²) in [4.78, 5) is 39.4. The van der Waals surface area contributed by atoms with Gasteiger partial charge in [-0.05, 0) is 63.7 Å². The van der Waals surface area contributed by atoms with Crippen LogP contribution in [0.25, 0.3) is 32.2 Å². The molecule has 1 aliphatic heterocycles. The molecule has 15 heteroatoms. The van der Waals surface area contributed by atoms with Crippen molar-refractivity contribution >= 4 is 50.0 Å². The molecule has 1 aliphatic rings. The van der Waals surface area contributed by atoms with Gasteiger partial charge in [-0.2, -0.15) is 18.4 Å². The minimum atomic E-state index is -4.76. The highest BCUT2D eigenvalue weighted by molar-refractivity contribution is 7.20. The number of fused-ring (bicyclic) bond motifs is 2. The number of aryl methyl sites for hydroxylation is 3. The van der Waals surface area contributed by atoms with E-state index in [-0.39, 0.29) is 53.1 Å². The number of nitriles is 1. The summed E-state index contributed by atoms with van der Waals surface area (Å²) in [5.41, 5.74) is -0.0172. The number of thiophene rings is 1. The number of halogens is 4. The Morgan fingerprint density at radius 1 is 1.10 bits per heavy atom. The fraction of sp³-hybridized carbons (Fsp3) is 0.343. The molecule has 0 unspecified atom stereocenters. The third-order valence-corrected chi connectivity index (χ3v) is 10.3. The minimum absolute atomic E-state index is 0.0264. The molecule has 2 aromatic carbocycles. The van der Waals surface area contributed by atoms with Crippen molar-refractivity contribution in [1.29, 1.82) is 5.26 Å². The lowest BCUT2D eigenvalue weighted by atomic mass is 9.96. The fourth-order valence-corrected chi connectivity index (χ4v) is 7.69. The molecule has 10 nitrogen and oxygen atoms in total. The number of benzene rings is 2. The van der Waals surface area contributed by atoms with E-state index < -0.39 is 23.3 Å². The third kappa shape index (κ3) is 6.66. The molecule has 1 fully saturated rings. The van der Waals surface area contributed by atoms with E-state index in [1.54, 1.807) is 32.0 Å². The summed E-state index contributed by atoms with van der Waals surface area (Å²) in [5.74, 6) is -0.510. The van der Waals surface area contributed by atoms with Gasteiger partial charge < -0.3 is 14.7 Å². The van der Waals surface area contributed by atoms with E-state index >= 15 is 0 Å². The molecule has 0 bridgehead atoms. The van der Waals surface area contributed by atoms with Gasteiger partial charge in [-0.25, -0.2) is 9.78 Å². The van der Waals surface area contributed by atoms with Crippen molar-refractivity contribution in [2.24, 2.45) is 0 Å². The second kappa shape index (κ2) is 13.6. The molecule has 0 saturated carbocycles. The predicted octanol–water partition coefficient (Wildman–Crippen LogP) is 6.67. The Balaban J connectivity index is 1.37. The molecule has 0 amide bonds. The molecule has 50 heavy (non-hydrogen) atoms. The van der Waals surface area contributed by atoms with Crippen LogP contribution < -0.4 is 10.3 Å². The highest BCUT2D eigenvalue weighted by Crippen LogP contribution is 2.42. The summed E-state index contributed by atoms with van der Waals surface area (Å²) in [6.45, 7) is 7.18. The highest BCUT2D eigenvalue weighted by atomic mass is 35.5. The topological polar surface area (TPSA) is 125 Å². The van der Waals surface area contributed by atoms with Crippen LogP contribution in [0.5, 0.6) is 5.75 Å². The van der Waals surface area contributed by atoms with Gasteiger partial charge in [-0.15, -0.1) is 11.3 Å². The van der Waals surface area contributed by atoms with Gasteiger partial charge in [-0.3, -0.25) is 19.2 Å². The third-order valence-electron chi connectivity index (χ3n) is 8.90. The Labute approximate surface area is 293 Å². The zero-order valence-corrected chi connectivity index (χ0v) is 29.2. The van der Waals surface area contributed by atoms with E-state index in [1.807, 2.05) is 24.1 Å². The Morgan fingerprint density at radius 2 is 1.82 bits per heavy atom. The van der Waals surface area contributed by atoms with E-state index in [4.69, 9.17) is 16.3 Å². The number of hydrogen-bond acceptors (Lipinski definition) is 9. The second-order valence-corrected chi connectivity index (χ2v) is 14.0. The number of carboxylic acid groups (broad SMARTS) is 1. The molecule has 260 valence electrons. The van der Waals surface area contributed by atoms with Crippen LogP contribution in [-0.2, 0) is 19.3 Å². The maximum absolute atomic E-state index is 14.4. The first-order valence-corrected chi connectivity index (χ1v) is 16.9. The quantitative estimate of drug-likeness (QED) is 0.187. The van der Waals surface area contributed by atoms with Gasteiger partial charge in [0.05, 0.1) is 44.4 Å². The maximum atomic E-state index is 14.4. The predicted molar refractivity (Wildman–Crippen MR) is 185 cm³/mol. The van der Waals surface area contributed by atoms with Crippen LogP contribution in [0.3, 0.4) is 0 Å². The number of rotatable bonds is 8. The summed E-state index contributed by atoms with van der Waals surface area (Å²) < 4.78 is 51.2. The number of carbonyl (C=O) groups is 1. The average Bonchev–Trinajstić information content (AvgIpc) is 3.38. The highest BCUT2D eigenvalue weighted by Gasteiger charge is 2.37. The molecule has 3 aromatic heterocycles. The molecule has 0 aliphatic carbocycles. The zero-order valence-electron chi connectivity index (χ0n) is 27.6. The van der Waals surface area contributed by atoms with Crippen molar-refractivity contribution in [3.63, 3.8) is 0 Å². The zero-order chi connectivity index (χ0) is 36.1. The molecule has 0 spiro atoms. The summed E-state index contributed by atoms with van der Waals surface area (Å²) in [7, 11) is 1.93. The number of ether oxygens (including phenoxy) is 1. The SMILES string of the molecule is Cc1cc(-c2cc(Cl)ccc2OCCn2c(C)nc3cc(C(F)(F)F)c(CN4CCN(C)CC4)c(C#N)c3c2=O)c2sc(C)c(C(=O)O)c2n1. The molecule has 6 rings (SSSR count). The normalized spacial score (nSPS) is 14.4. The minimum Gasteiger partial charge on any atom is -0.491 e. The standard InChI is InChI=1S/C35H32ClF3N6O4S/c1-18-13-23(32-31(41-18)29(34(47)48)19(2)50-32)22-14-21(36)5-6-28(22)49-12-11-45-20(3)42-27-15-26(35(37,38)39)25(24(16-40)30(27)33(45)46)17-44-9-7-43(4)8-10-44/h5-6,13-15H,7-12,17H2,1-4H3,(H,47,48). The number of likely N-dealkylation sites (N-methyl/N-ethyl adjacent to an activating group) is 1. The van der Waals surface area contributed by atoms with Crippen molar-refractivity contribution < 1.29 is 27.8 Å². The van der Waals surface area contributed by atoms with Crippen LogP contribution in [0.2, 0.25) is 5.02 Å². The number of alkyl halides is 3. The molecular formula is C35H32ClF3N6O4S. The van der Waals surface area contributed by atoms with Crippen LogP contribution in [0, 0.1) is 32.1 Å². The first kappa shape index (κ1) is 35.3. The van der Waals surface area contributed by atoms with Crippen molar-refractivity contribution in [2.75, 3.05) is 39.8 Å². The Hall–Kier alpha value is -4.55. The van der Waals surface area contributed by atoms with Crippen molar-refractivity contribution in [3.05, 3.63) is 84.4 Å². The monoisotopic (exact) mass is 724 g/mol. The number of carboxylic acids is 1. The van der Waals surface area contributed by atoms with Crippen LogP contribution >= 0.6 is 22.9 Å². The number of nitrogens with zero attached hydrogens (tertiary/aromatic N) is 6. The number of aromatic nitrogens is 3. The number of piperazine rings is 1. The molecule has 5 aromatic rings. The summed E-state index contributed by atoms with van der Waals surface area (Å²) >= 11 is 7.70. The van der Waals surface area contributed by atoms with Gasteiger partial charge >= 0.3 is 12.1 Å². The van der Waals surface area contributed by atoms with Crippen molar-refractivity contribution in [3.8, 4) is 22.9 Å². The molecule has 4 heterocycles. The van der Waals surface area contributed by atoms with Gasteiger partial charge in [0.1, 0.15) is 24.3 Å². The van der Waals surface area contributed by atoms with E-state index in [1.165, 1.54) is 22.8 Å². The molecule has 1 saturated heterocycles. The van der Waals surface area contributed by atoms with Crippen LogP contribution in [0.4, 0.5) is 13.2 Å². The summed E-state index contributed by atoms with van der Waals surface area (Å²) in [6, 6.07) is 9.61. The first-order valence-electron chi connectivity index (χ1n) is 15.7. The van der Waals surface area contributed by atoms with Gasteiger partial charge in [0.25, 0.3) is 5.56 Å². The second-order valence-electron chi connectivity index (χ2n) is 12.3. The largest absolute Gasteiger partial charge is 0.491 e. The molecule has 1 N–H and O–H groups in total. The molecular weight excluding hydrogens is 693 g/mol. The average molecular weight is 725 g/mol. The number of aromatic carboxylic acids is 1. The van der Waals surface area contributed by atoms with Crippen LogP contribution in [0.15, 0.2) is 35.1 Å². The Bertz CT molecular complexity index is 2270. The lowest BCUT2D eigenvalue weighted by Gasteiger charge is -2.33. The lowest BCUT2D eigenvalue weighted by molar-refractivity contribution is -0.138. The van der Waals surface area contributed by atoms with Gasteiger partial charge in [0, 0.05) is 59.4 Å². The Morgan fingerprint density at radius 3 is 2.48 bits per heavy atom. The van der Waals surface area contributed by atoms with Crippen molar-refractivity contribution in [2.45, 2.75) is 40.0 Å². The maximum Gasteiger partial charge on any atom is 0.416 e. The Kier molecular flexibility index (Phi) is 9.62. The van der Waals surface area contributed by atoms with E-state index in [9.17, 15) is 33.1 Å². The molecule has 0 radical (unpaired) electrons. The van der Waals surface area contributed by atoms with E-state index in [0.717, 1.165) is 6.07 Å². The van der Waals surface area contributed by atoms with Gasteiger partial charge in [0.15, 0.2) is 0 Å². The summed E-state index contributed by atoms with van der Waals surface area (Å²) in [6.07, 6.45) is -4.76. The van der Waals surface area contributed by atoms with Crippen LogP contribution in [-0.4, -0.2) is 75.2 Å². The van der Waals surface area contributed by atoms with Crippen LogP contribution in [0.1, 0.15) is 43.4 Å². The van der Waals surface area contributed by atoms with Gasteiger partial charge in [-0.1, -0.05) is 11.6 Å². The van der Waals surface area contributed by atoms with Gasteiger partial charge in [0.2, 0.25) is 0 Å². The number of hydrogen-bond donors (Lipinski definition) is 1. The lowest BCUT2D eigenvalue weighted by Crippen LogP contribution is -2.44. The van der Waals surface area contributed by atoms with Crippen molar-refractivity contribution in [1.82, 2.24) is 24.3 Å². The fourth-order valence-electron chi connectivity index (χ4n) is 6.41. The smallest absolute Gasteiger partial charge is 0.416 e. The summed E-state index contributed by atoms with van der Waals surface area (Å²) in [5, 5.41) is 20.3. The first-order chi connectivity index (χ1) is 23.7. The van der Waals surface area contributed by atoms with E-state index in [0.29, 0.717) is 68.9 Å². The van der Waals surface area contributed by atoms with E-state index in [2.05, 4.69) is 14.9 Å². The number of pyridine rings is 1.